The summed E-state index contributed by atoms with van der Waals surface area (Å²) in [5, 5.41) is 10.0. The molecule has 0 bridgehead atoms. The smallest absolute Gasteiger partial charge is 0.165 e. The number of hydrogen-bond donors (Lipinski definition) is 1. The molecule has 3 aromatic rings. The normalized spacial score (nSPS) is 10.8. The van der Waals surface area contributed by atoms with Gasteiger partial charge in [0.2, 0.25) is 0 Å². The van der Waals surface area contributed by atoms with Crippen molar-refractivity contribution in [2.24, 2.45) is 0 Å². The lowest BCUT2D eigenvalue weighted by molar-refractivity contribution is 0.383. The van der Waals surface area contributed by atoms with Crippen molar-refractivity contribution in [3.63, 3.8) is 0 Å². The van der Waals surface area contributed by atoms with Gasteiger partial charge in [0.15, 0.2) is 17.2 Å². The van der Waals surface area contributed by atoms with Crippen molar-refractivity contribution in [1.29, 1.82) is 5.26 Å². The van der Waals surface area contributed by atoms with Crippen molar-refractivity contribution in [3.8, 4) is 17.5 Å². The van der Waals surface area contributed by atoms with Crippen LogP contribution in [0.5, 0.6) is 5.75 Å². The van der Waals surface area contributed by atoms with Gasteiger partial charge in [-0.05, 0) is 32.4 Å². The van der Waals surface area contributed by atoms with E-state index in [0.717, 1.165) is 0 Å². The van der Waals surface area contributed by atoms with Gasteiger partial charge < -0.3 is 10.5 Å². The van der Waals surface area contributed by atoms with Gasteiger partial charge in [0.05, 0.1) is 18.2 Å². The minimum Gasteiger partial charge on any atom is -0.493 e. The summed E-state index contributed by atoms with van der Waals surface area (Å²) in [6.45, 7) is 5.27. The largest absolute Gasteiger partial charge is 0.493 e. The molecule has 0 fully saturated rings. The molecule has 7 heteroatoms. The average Bonchev–Trinajstić information content (AvgIpc) is 2.79. The highest BCUT2D eigenvalue weighted by Gasteiger charge is 2.23. The Morgan fingerprint density at radius 1 is 1.33 bits per heavy atom. The van der Waals surface area contributed by atoms with Crippen molar-refractivity contribution < 1.29 is 9.13 Å². The molecule has 2 N–H and O–H groups in total. The van der Waals surface area contributed by atoms with Gasteiger partial charge >= 0.3 is 0 Å². The van der Waals surface area contributed by atoms with Gasteiger partial charge in [-0.15, -0.1) is 0 Å². The first-order valence-electron chi connectivity index (χ1n) is 7.28. The highest BCUT2D eigenvalue weighted by Crippen LogP contribution is 2.36. The average molecular weight is 325 g/mol. The molecule has 2 aromatic heterocycles. The number of nitrogens with two attached hydrogens (primary N) is 1. The Kier molecular flexibility index (Phi) is 3.60. The van der Waals surface area contributed by atoms with E-state index in [2.05, 4.69) is 16.0 Å². The van der Waals surface area contributed by atoms with Crippen LogP contribution in [0.4, 0.5) is 10.2 Å². The molecule has 2 heterocycles. The SMILES string of the molecule is COc1c(F)cc(C)c(-n2c(N)c(C#N)c3cnc(C)nc32)c1C. The van der Waals surface area contributed by atoms with Crippen LogP contribution in [0, 0.1) is 37.9 Å². The molecule has 0 radical (unpaired) electrons. The molecule has 0 aliphatic carbocycles. The van der Waals surface area contributed by atoms with Crippen LogP contribution < -0.4 is 10.5 Å². The van der Waals surface area contributed by atoms with Gasteiger partial charge in [0.25, 0.3) is 0 Å². The van der Waals surface area contributed by atoms with E-state index in [-0.39, 0.29) is 11.6 Å². The number of hydrogen-bond acceptors (Lipinski definition) is 5. The minimum atomic E-state index is -0.447. The number of fused-ring (bicyclic) bond motifs is 1. The van der Waals surface area contributed by atoms with Crippen LogP contribution in [-0.4, -0.2) is 21.6 Å². The van der Waals surface area contributed by atoms with Crippen LogP contribution in [0.1, 0.15) is 22.5 Å². The zero-order valence-corrected chi connectivity index (χ0v) is 13.8. The second kappa shape index (κ2) is 5.49. The number of ether oxygens (including phenoxy) is 1. The molecule has 0 saturated heterocycles. The lowest BCUT2D eigenvalue weighted by Gasteiger charge is -2.17. The van der Waals surface area contributed by atoms with E-state index in [1.807, 2.05) is 0 Å². The number of rotatable bonds is 2. The number of benzene rings is 1. The molecule has 0 aliphatic heterocycles. The van der Waals surface area contributed by atoms with Crippen molar-refractivity contribution in [3.05, 3.63) is 40.6 Å². The van der Waals surface area contributed by atoms with Gasteiger partial charge in [-0.3, -0.25) is 4.57 Å². The number of anilines is 1. The predicted molar refractivity (Wildman–Crippen MR) is 88.7 cm³/mol. The van der Waals surface area contributed by atoms with Gasteiger partial charge in [0.1, 0.15) is 23.3 Å². The van der Waals surface area contributed by atoms with Crippen LogP contribution in [0.2, 0.25) is 0 Å². The summed E-state index contributed by atoms with van der Waals surface area (Å²) in [5.41, 5.74) is 8.92. The highest BCUT2D eigenvalue weighted by molar-refractivity contribution is 5.91. The van der Waals surface area contributed by atoms with Crippen LogP contribution >= 0.6 is 0 Å². The summed E-state index contributed by atoms with van der Waals surface area (Å²) in [7, 11) is 1.41. The molecule has 0 atom stereocenters. The predicted octanol–water partition coefficient (Wildman–Crippen LogP) is 2.95. The molecule has 6 nitrogen and oxygen atoms in total. The summed E-state index contributed by atoms with van der Waals surface area (Å²) in [6, 6.07) is 3.48. The molecule has 0 unspecified atom stereocenters. The molecule has 0 saturated carbocycles. The zero-order valence-electron chi connectivity index (χ0n) is 13.8. The number of nitrogens with zero attached hydrogens (tertiary/aromatic N) is 4. The Labute approximate surface area is 138 Å². The quantitative estimate of drug-likeness (QED) is 0.782. The first-order valence-corrected chi connectivity index (χ1v) is 7.28. The zero-order chi connectivity index (χ0) is 17.6. The molecule has 0 aliphatic rings. The van der Waals surface area contributed by atoms with Crippen molar-refractivity contribution in [2.45, 2.75) is 20.8 Å². The minimum absolute atomic E-state index is 0.140. The Morgan fingerprint density at radius 2 is 2.04 bits per heavy atom. The molecule has 0 spiro atoms. The van der Waals surface area contributed by atoms with Crippen LogP contribution in [-0.2, 0) is 0 Å². The molecule has 122 valence electrons. The fraction of sp³-hybridized carbons (Fsp3) is 0.235. The van der Waals surface area contributed by atoms with Gasteiger partial charge in [-0.2, -0.15) is 5.26 Å². The fourth-order valence-electron chi connectivity index (χ4n) is 3.01. The Balaban J connectivity index is 2.51. The molecule has 1 aromatic carbocycles. The van der Waals surface area contributed by atoms with E-state index >= 15 is 0 Å². The van der Waals surface area contributed by atoms with E-state index in [4.69, 9.17) is 10.5 Å². The topological polar surface area (TPSA) is 89.8 Å². The Morgan fingerprint density at radius 3 is 2.67 bits per heavy atom. The maximum Gasteiger partial charge on any atom is 0.165 e. The van der Waals surface area contributed by atoms with E-state index in [1.54, 1.807) is 31.5 Å². The lowest BCUT2D eigenvalue weighted by Crippen LogP contribution is -2.08. The maximum absolute atomic E-state index is 14.1. The second-order valence-electron chi connectivity index (χ2n) is 5.54. The summed E-state index contributed by atoms with van der Waals surface area (Å²) in [6.07, 6.45) is 1.58. The van der Waals surface area contributed by atoms with Crippen LogP contribution in [0.3, 0.4) is 0 Å². The number of nitriles is 1. The van der Waals surface area contributed by atoms with Crippen LogP contribution in [0.25, 0.3) is 16.7 Å². The molecular weight excluding hydrogens is 309 g/mol. The molecule has 24 heavy (non-hydrogen) atoms. The summed E-state index contributed by atoms with van der Waals surface area (Å²) in [5.74, 6) is 0.487. The molecule has 0 amide bonds. The van der Waals surface area contributed by atoms with Gasteiger partial charge in [-0.25, -0.2) is 14.4 Å². The van der Waals surface area contributed by atoms with E-state index in [1.165, 1.54) is 13.2 Å². The number of methoxy groups -OCH3 is 1. The van der Waals surface area contributed by atoms with E-state index in [9.17, 15) is 9.65 Å². The molecule has 3 rings (SSSR count). The molecular formula is C17H16FN5O. The Hall–Kier alpha value is -3.14. The monoisotopic (exact) mass is 325 g/mol. The summed E-state index contributed by atoms with van der Waals surface area (Å²) < 4.78 is 21.0. The number of nitrogen functional groups attached to an aromatic ring is 1. The van der Waals surface area contributed by atoms with E-state index in [0.29, 0.717) is 39.2 Å². The standard InChI is InChI=1S/C17H16FN5O/c1-8-5-13(18)15(24-4)9(2)14(8)23-16(20)11(6-19)12-7-21-10(3)22-17(12)23/h5,7H,20H2,1-4H3. The van der Waals surface area contributed by atoms with Crippen molar-refractivity contribution >= 4 is 16.9 Å². The third kappa shape index (κ3) is 2.07. The number of aryl methyl sites for hydroxylation is 2. The van der Waals surface area contributed by atoms with Crippen molar-refractivity contribution in [1.82, 2.24) is 14.5 Å². The van der Waals surface area contributed by atoms with E-state index < -0.39 is 5.82 Å². The van der Waals surface area contributed by atoms with Crippen LogP contribution in [0.15, 0.2) is 12.3 Å². The van der Waals surface area contributed by atoms with Crippen molar-refractivity contribution in [2.75, 3.05) is 12.8 Å². The Bertz CT molecular complexity index is 1020. The fourth-order valence-corrected chi connectivity index (χ4v) is 3.01. The summed E-state index contributed by atoms with van der Waals surface area (Å²) in [4.78, 5) is 8.57. The first kappa shape index (κ1) is 15.7. The van der Waals surface area contributed by atoms with Gasteiger partial charge in [0, 0.05) is 11.8 Å². The third-order valence-electron chi connectivity index (χ3n) is 4.04. The lowest BCUT2D eigenvalue weighted by atomic mass is 10.1. The maximum atomic E-state index is 14.1. The third-order valence-corrected chi connectivity index (χ3v) is 4.04. The highest BCUT2D eigenvalue weighted by atomic mass is 19.1. The second-order valence-corrected chi connectivity index (χ2v) is 5.54. The number of halogens is 1. The summed E-state index contributed by atoms with van der Waals surface area (Å²) >= 11 is 0. The van der Waals surface area contributed by atoms with Gasteiger partial charge in [-0.1, -0.05) is 0 Å². The first-order chi connectivity index (χ1) is 11.4. The number of aromatic nitrogens is 3.